The molecule has 0 unspecified atom stereocenters. The third-order valence-electron chi connectivity index (χ3n) is 2.10. The van der Waals surface area contributed by atoms with Crippen LogP contribution in [0.5, 0.6) is 0 Å². The van der Waals surface area contributed by atoms with E-state index in [4.69, 9.17) is 0 Å². The molecule has 5 nitrogen and oxygen atoms in total. The molecule has 0 radical (unpaired) electrons. The highest BCUT2D eigenvalue weighted by atomic mass is 16.6. The van der Waals surface area contributed by atoms with Crippen molar-refractivity contribution in [3.63, 3.8) is 0 Å². The van der Waals surface area contributed by atoms with Gasteiger partial charge in [-0.05, 0) is 18.6 Å². The molecule has 1 amide bonds. The second-order valence-electron chi connectivity index (χ2n) is 3.44. The standard InChI is InChI=1S/C12H14N2O3/c1-2-9-13-12(15)8-7-10-5-3-4-6-11(10)14(16)17/h3-8H,2,9H2,1H3,(H,13,15)/b8-7+. The lowest BCUT2D eigenvalue weighted by Crippen LogP contribution is -2.21. The average molecular weight is 234 g/mol. The van der Waals surface area contributed by atoms with E-state index in [1.165, 1.54) is 18.2 Å². The van der Waals surface area contributed by atoms with Crippen LogP contribution in [0.4, 0.5) is 5.69 Å². The smallest absolute Gasteiger partial charge is 0.276 e. The molecule has 90 valence electrons. The van der Waals surface area contributed by atoms with Gasteiger partial charge >= 0.3 is 0 Å². The van der Waals surface area contributed by atoms with Gasteiger partial charge in [0.2, 0.25) is 5.91 Å². The highest BCUT2D eigenvalue weighted by molar-refractivity contribution is 5.92. The fraction of sp³-hybridized carbons (Fsp3) is 0.250. The summed E-state index contributed by atoms with van der Waals surface area (Å²) in [6, 6.07) is 6.29. The Hall–Kier alpha value is -2.17. The van der Waals surface area contributed by atoms with Crippen LogP contribution in [0, 0.1) is 10.1 Å². The summed E-state index contributed by atoms with van der Waals surface area (Å²) in [5.41, 5.74) is 0.413. The Balaban J connectivity index is 2.77. The van der Waals surface area contributed by atoms with Crippen LogP contribution < -0.4 is 5.32 Å². The minimum Gasteiger partial charge on any atom is -0.353 e. The maximum Gasteiger partial charge on any atom is 0.276 e. The van der Waals surface area contributed by atoms with Gasteiger partial charge in [-0.3, -0.25) is 14.9 Å². The zero-order chi connectivity index (χ0) is 12.7. The molecule has 0 aliphatic heterocycles. The summed E-state index contributed by atoms with van der Waals surface area (Å²) in [7, 11) is 0. The zero-order valence-electron chi connectivity index (χ0n) is 9.55. The van der Waals surface area contributed by atoms with E-state index in [0.717, 1.165) is 6.42 Å². The number of carbonyl (C=O) groups is 1. The number of amides is 1. The van der Waals surface area contributed by atoms with E-state index in [0.29, 0.717) is 12.1 Å². The van der Waals surface area contributed by atoms with Crippen LogP contribution in [-0.4, -0.2) is 17.4 Å². The van der Waals surface area contributed by atoms with Crippen molar-refractivity contribution in [1.29, 1.82) is 0 Å². The molecule has 0 fully saturated rings. The van der Waals surface area contributed by atoms with E-state index < -0.39 is 4.92 Å². The molecule has 1 aromatic rings. The lowest BCUT2D eigenvalue weighted by Gasteiger charge is -1.98. The van der Waals surface area contributed by atoms with E-state index in [9.17, 15) is 14.9 Å². The fourth-order valence-electron chi connectivity index (χ4n) is 1.27. The van der Waals surface area contributed by atoms with E-state index in [1.54, 1.807) is 18.2 Å². The lowest BCUT2D eigenvalue weighted by molar-refractivity contribution is -0.385. The first-order chi connectivity index (χ1) is 8.15. The summed E-state index contributed by atoms with van der Waals surface area (Å²) in [5, 5.41) is 13.4. The van der Waals surface area contributed by atoms with Crippen molar-refractivity contribution >= 4 is 17.7 Å². The first-order valence-electron chi connectivity index (χ1n) is 5.34. The van der Waals surface area contributed by atoms with Crippen molar-refractivity contribution in [2.75, 3.05) is 6.54 Å². The van der Waals surface area contributed by atoms with Crippen molar-refractivity contribution in [3.05, 3.63) is 46.0 Å². The minimum atomic E-state index is -0.469. The molecule has 0 aromatic heterocycles. The molecule has 1 rings (SSSR count). The highest BCUT2D eigenvalue weighted by Gasteiger charge is 2.09. The number of carbonyl (C=O) groups excluding carboxylic acids is 1. The van der Waals surface area contributed by atoms with E-state index in [2.05, 4.69) is 5.32 Å². The monoisotopic (exact) mass is 234 g/mol. The predicted octanol–water partition coefficient (Wildman–Crippen LogP) is 2.13. The number of rotatable bonds is 5. The van der Waals surface area contributed by atoms with Gasteiger partial charge in [0.1, 0.15) is 0 Å². The van der Waals surface area contributed by atoms with Crippen molar-refractivity contribution < 1.29 is 9.72 Å². The number of nitrogens with zero attached hydrogens (tertiary/aromatic N) is 1. The molecule has 0 saturated carbocycles. The van der Waals surface area contributed by atoms with Gasteiger partial charge in [-0.1, -0.05) is 19.1 Å². The summed E-state index contributed by atoms with van der Waals surface area (Å²) in [5.74, 6) is -0.245. The first kappa shape index (κ1) is 12.9. The molecule has 1 aromatic carbocycles. The molecule has 0 heterocycles. The molecule has 0 aliphatic rings. The Morgan fingerprint density at radius 1 is 1.47 bits per heavy atom. The molecule has 0 atom stereocenters. The fourth-order valence-corrected chi connectivity index (χ4v) is 1.27. The quantitative estimate of drug-likeness (QED) is 0.482. The zero-order valence-corrected chi connectivity index (χ0v) is 9.55. The summed E-state index contributed by atoms with van der Waals surface area (Å²) in [6.45, 7) is 2.55. The molecule has 1 N–H and O–H groups in total. The summed E-state index contributed by atoms with van der Waals surface area (Å²) in [4.78, 5) is 21.5. The summed E-state index contributed by atoms with van der Waals surface area (Å²) >= 11 is 0. The highest BCUT2D eigenvalue weighted by Crippen LogP contribution is 2.18. The van der Waals surface area contributed by atoms with Gasteiger partial charge in [0, 0.05) is 18.7 Å². The summed E-state index contributed by atoms with van der Waals surface area (Å²) < 4.78 is 0. The van der Waals surface area contributed by atoms with Gasteiger partial charge in [-0.15, -0.1) is 0 Å². The van der Waals surface area contributed by atoms with Crippen molar-refractivity contribution in [3.8, 4) is 0 Å². The van der Waals surface area contributed by atoms with Crippen LogP contribution in [0.15, 0.2) is 30.3 Å². The van der Waals surface area contributed by atoms with Crippen LogP contribution in [0.25, 0.3) is 6.08 Å². The number of hydrogen-bond donors (Lipinski definition) is 1. The molecule has 0 spiro atoms. The molecule has 0 saturated heterocycles. The summed E-state index contributed by atoms with van der Waals surface area (Å²) in [6.07, 6.45) is 3.60. The van der Waals surface area contributed by atoms with Crippen LogP contribution in [0.3, 0.4) is 0 Å². The largest absolute Gasteiger partial charge is 0.353 e. The Labute approximate surface area is 99.3 Å². The topological polar surface area (TPSA) is 72.2 Å². The third-order valence-corrected chi connectivity index (χ3v) is 2.10. The molecule has 0 aliphatic carbocycles. The average Bonchev–Trinajstić information content (AvgIpc) is 2.34. The third kappa shape index (κ3) is 4.06. The van der Waals surface area contributed by atoms with Crippen LogP contribution >= 0.6 is 0 Å². The minimum absolute atomic E-state index is 0.00737. The van der Waals surface area contributed by atoms with Gasteiger partial charge in [0.25, 0.3) is 5.69 Å². The Morgan fingerprint density at radius 2 is 2.18 bits per heavy atom. The number of nitro benzene ring substituents is 1. The van der Waals surface area contributed by atoms with Gasteiger partial charge in [-0.25, -0.2) is 0 Å². The SMILES string of the molecule is CCCNC(=O)/C=C/c1ccccc1[N+](=O)[O-]. The van der Waals surface area contributed by atoms with Crippen LogP contribution in [0.2, 0.25) is 0 Å². The Bertz CT molecular complexity index is 441. The number of benzene rings is 1. The van der Waals surface area contributed by atoms with Gasteiger partial charge in [0.15, 0.2) is 0 Å². The van der Waals surface area contributed by atoms with Gasteiger partial charge < -0.3 is 5.32 Å². The van der Waals surface area contributed by atoms with Gasteiger partial charge in [-0.2, -0.15) is 0 Å². The first-order valence-corrected chi connectivity index (χ1v) is 5.34. The number of para-hydroxylation sites is 1. The molecule has 0 bridgehead atoms. The number of nitrogens with one attached hydrogen (secondary N) is 1. The Morgan fingerprint density at radius 3 is 2.82 bits per heavy atom. The Kier molecular flexibility index (Phi) is 4.87. The lowest BCUT2D eigenvalue weighted by atomic mass is 10.1. The van der Waals surface area contributed by atoms with E-state index in [-0.39, 0.29) is 11.6 Å². The van der Waals surface area contributed by atoms with Crippen LogP contribution in [0.1, 0.15) is 18.9 Å². The molecule has 17 heavy (non-hydrogen) atoms. The molecular formula is C12H14N2O3. The van der Waals surface area contributed by atoms with E-state index >= 15 is 0 Å². The molecular weight excluding hydrogens is 220 g/mol. The number of nitro groups is 1. The second kappa shape index (κ2) is 6.42. The van der Waals surface area contributed by atoms with Crippen molar-refractivity contribution in [1.82, 2.24) is 5.32 Å². The van der Waals surface area contributed by atoms with Crippen molar-refractivity contribution in [2.45, 2.75) is 13.3 Å². The number of hydrogen-bond acceptors (Lipinski definition) is 3. The van der Waals surface area contributed by atoms with Gasteiger partial charge in [0.05, 0.1) is 10.5 Å². The predicted molar refractivity (Wildman–Crippen MR) is 65.4 cm³/mol. The maximum atomic E-state index is 11.3. The normalized spacial score (nSPS) is 10.4. The van der Waals surface area contributed by atoms with E-state index in [1.807, 2.05) is 6.92 Å². The molecule has 5 heteroatoms. The maximum absolute atomic E-state index is 11.3. The van der Waals surface area contributed by atoms with Crippen LogP contribution in [-0.2, 0) is 4.79 Å². The second-order valence-corrected chi connectivity index (χ2v) is 3.44. The van der Waals surface area contributed by atoms with Crippen molar-refractivity contribution in [2.24, 2.45) is 0 Å².